The molecule has 0 saturated heterocycles. The molecular weight excluding hydrogens is 315 g/mol. The van der Waals surface area contributed by atoms with Crippen molar-refractivity contribution in [1.82, 2.24) is 0 Å². The van der Waals surface area contributed by atoms with Crippen LogP contribution < -0.4 is 20.1 Å². The third kappa shape index (κ3) is 3.01. The van der Waals surface area contributed by atoms with Gasteiger partial charge in [-0.3, -0.25) is 0 Å². The monoisotopic (exact) mass is 324 g/mol. The number of benzene rings is 2. The molecule has 1 heterocycles. The quantitative estimate of drug-likeness (QED) is 0.817. The minimum atomic E-state index is -0.547. The van der Waals surface area contributed by atoms with Crippen molar-refractivity contribution in [1.29, 1.82) is 0 Å². The van der Waals surface area contributed by atoms with E-state index in [1.165, 1.54) is 6.07 Å². The topological polar surface area (TPSA) is 42.5 Å². The molecule has 0 atom stereocenters. The molecule has 2 N–H and O–H groups in total. The van der Waals surface area contributed by atoms with Crippen LogP contribution in [0.1, 0.15) is 0 Å². The highest BCUT2D eigenvalue weighted by atomic mass is 35.5. The van der Waals surface area contributed by atoms with Gasteiger partial charge in [-0.25, -0.2) is 4.39 Å². The van der Waals surface area contributed by atoms with Crippen molar-refractivity contribution in [2.24, 2.45) is 0 Å². The first-order chi connectivity index (χ1) is 10.1. The molecule has 7 heteroatoms. The number of halogens is 2. The van der Waals surface area contributed by atoms with Gasteiger partial charge in [-0.1, -0.05) is 17.7 Å². The Labute approximate surface area is 130 Å². The second-order valence-corrected chi connectivity index (χ2v) is 5.06. The van der Waals surface area contributed by atoms with Gasteiger partial charge < -0.3 is 20.1 Å². The molecule has 0 saturated carbocycles. The molecule has 0 aromatic heterocycles. The van der Waals surface area contributed by atoms with Crippen LogP contribution in [-0.2, 0) is 0 Å². The average Bonchev–Trinajstić information content (AvgIpc) is 2.91. The van der Waals surface area contributed by atoms with Gasteiger partial charge in [-0.05, 0) is 36.5 Å². The van der Waals surface area contributed by atoms with Gasteiger partial charge in [0.15, 0.2) is 22.4 Å². The molecule has 0 radical (unpaired) electrons. The zero-order chi connectivity index (χ0) is 14.8. The van der Waals surface area contributed by atoms with Crippen LogP contribution in [0.5, 0.6) is 11.5 Å². The second-order valence-electron chi connectivity index (χ2n) is 4.25. The molecule has 0 unspecified atom stereocenters. The Morgan fingerprint density at radius 2 is 1.95 bits per heavy atom. The summed E-state index contributed by atoms with van der Waals surface area (Å²) in [6.45, 7) is 0.204. The summed E-state index contributed by atoms with van der Waals surface area (Å²) in [5.41, 5.74) is 0.917. The maximum atomic E-state index is 13.8. The molecule has 0 aliphatic carbocycles. The van der Waals surface area contributed by atoms with Crippen molar-refractivity contribution in [2.75, 3.05) is 17.4 Å². The highest BCUT2D eigenvalue weighted by molar-refractivity contribution is 7.80. The number of nitrogens with one attached hydrogen (secondary N) is 2. The van der Waals surface area contributed by atoms with E-state index in [4.69, 9.17) is 33.3 Å². The van der Waals surface area contributed by atoms with E-state index in [9.17, 15) is 4.39 Å². The number of thiocarbonyl (C=S) groups is 1. The van der Waals surface area contributed by atoms with E-state index in [-0.39, 0.29) is 22.6 Å². The van der Waals surface area contributed by atoms with Crippen molar-refractivity contribution in [3.63, 3.8) is 0 Å². The first kappa shape index (κ1) is 13.9. The van der Waals surface area contributed by atoms with Crippen LogP contribution in [-0.4, -0.2) is 11.9 Å². The third-order valence-corrected chi connectivity index (χ3v) is 3.33. The average molecular weight is 325 g/mol. The van der Waals surface area contributed by atoms with Crippen molar-refractivity contribution < 1.29 is 13.9 Å². The lowest BCUT2D eigenvalue weighted by atomic mass is 10.3. The van der Waals surface area contributed by atoms with E-state index in [1.54, 1.807) is 30.3 Å². The number of fused-ring (bicyclic) bond motifs is 1. The van der Waals surface area contributed by atoms with Crippen molar-refractivity contribution in [2.45, 2.75) is 0 Å². The lowest BCUT2D eigenvalue weighted by Crippen LogP contribution is -2.19. The highest BCUT2D eigenvalue weighted by Crippen LogP contribution is 2.34. The van der Waals surface area contributed by atoms with Gasteiger partial charge in [-0.15, -0.1) is 0 Å². The van der Waals surface area contributed by atoms with Crippen LogP contribution in [0, 0.1) is 5.82 Å². The summed E-state index contributed by atoms with van der Waals surface area (Å²) < 4.78 is 24.3. The van der Waals surface area contributed by atoms with Gasteiger partial charge in [-0.2, -0.15) is 0 Å². The summed E-state index contributed by atoms with van der Waals surface area (Å²) in [6, 6.07) is 9.97. The van der Waals surface area contributed by atoms with Gasteiger partial charge >= 0.3 is 0 Å². The number of hydrogen-bond acceptors (Lipinski definition) is 3. The van der Waals surface area contributed by atoms with Crippen molar-refractivity contribution >= 4 is 40.3 Å². The maximum Gasteiger partial charge on any atom is 0.231 e. The van der Waals surface area contributed by atoms with Gasteiger partial charge in [0.05, 0.1) is 10.7 Å². The van der Waals surface area contributed by atoms with Crippen LogP contribution >= 0.6 is 23.8 Å². The maximum absolute atomic E-state index is 13.8. The van der Waals surface area contributed by atoms with E-state index in [2.05, 4.69) is 10.6 Å². The minimum Gasteiger partial charge on any atom is -0.454 e. The zero-order valence-electron chi connectivity index (χ0n) is 10.7. The second kappa shape index (κ2) is 5.75. The van der Waals surface area contributed by atoms with Gasteiger partial charge in [0, 0.05) is 11.8 Å². The summed E-state index contributed by atoms with van der Waals surface area (Å²) in [5.74, 6) is 0.769. The molecule has 4 nitrogen and oxygen atoms in total. The Kier molecular flexibility index (Phi) is 3.81. The standard InChI is InChI=1S/C14H10ClFN2O2S/c15-9-2-1-3-10(13(9)16)18-14(21)17-8-4-5-11-12(6-8)20-7-19-11/h1-6H,7H2,(H2,17,18,21). The van der Waals surface area contributed by atoms with Gasteiger partial charge in [0.25, 0.3) is 0 Å². The predicted octanol–water partition coefficient (Wildman–Crippen LogP) is 4.02. The van der Waals surface area contributed by atoms with Crippen molar-refractivity contribution in [3.8, 4) is 11.5 Å². The van der Waals surface area contributed by atoms with Gasteiger partial charge in [0.2, 0.25) is 6.79 Å². The zero-order valence-corrected chi connectivity index (χ0v) is 12.2. The predicted molar refractivity (Wildman–Crippen MR) is 83.8 cm³/mol. The van der Waals surface area contributed by atoms with Crippen LogP contribution in [0.2, 0.25) is 5.02 Å². The summed E-state index contributed by atoms with van der Waals surface area (Å²) in [5, 5.41) is 5.98. The Morgan fingerprint density at radius 3 is 2.81 bits per heavy atom. The normalized spacial score (nSPS) is 12.1. The Bertz CT molecular complexity index is 711. The Morgan fingerprint density at radius 1 is 1.14 bits per heavy atom. The fourth-order valence-corrected chi connectivity index (χ4v) is 2.26. The number of anilines is 2. The lowest BCUT2D eigenvalue weighted by molar-refractivity contribution is 0.174. The molecule has 0 amide bonds. The fraction of sp³-hybridized carbons (Fsp3) is 0.0714. The summed E-state index contributed by atoms with van der Waals surface area (Å²) >= 11 is 10.9. The Hall–Kier alpha value is -2.05. The molecule has 0 spiro atoms. The SMILES string of the molecule is Fc1c(Cl)cccc1NC(=S)Nc1ccc2c(c1)OCO2. The summed E-state index contributed by atoms with van der Waals surface area (Å²) in [6.07, 6.45) is 0. The minimum absolute atomic E-state index is 0.0332. The smallest absolute Gasteiger partial charge is 0.231 e. The molecule has 2 aromatic carbocycles. The first-order valence-electron chi connectivity index (χ1n) is 6.05. The molecule has 21 heavy (non-hydrogen) atoms. The molecular formula is C14H10ClFN2O2S. The fourth-order valence-electron chi connectivity index (χ4n) is 1.86. The lowest BCUT2D eigenvalue weighted by Gasteiger charge is -2.12. The number of hydrogen-bond donors (Lipinski definition) is 2. The number of rotatable bonds is 2. The first-order valence-corrected chi connectivity index (χ1v) is 6.84. The third-order valence-electron chi connectivity index (χ3n) is 2.83. The summed E-state index contributed by atoms with van der Waals surface area (Å²) in [4.78, 5) is 0. The van der Waals surface area contributed by atoms with E-state index >= 15 is 0 Å². The van der Waals surface area contributed by atoms with Crippen LogP contribution in [0.15, 0.2) is 36.4 Å². The van der Waals surface area contributed by atoms with Crippen LogP contribution in [0.25, 0.3) is 0 Å². The van der Waals surface area contributed by atoms with E-state index in [0.717, 1.165) is 0 Å². The van der Waals surface area contributed by atoms with Crippen LogP contribution in [0.4, 0.5) is 15.8 Å². The van der Waals surface area contributed by atoms with E-state index in [0.29, 0.717) is 17.2 Å². The van der Waals surface area contributed by atoms with Crippen molar-refractivity contribution in [3.05, 3.63) is 47.2 Å². The van der Waals surface area contributed by atoms with Crippen LogP contribution in [0.3, 0.4) is 0 Å². The summed E-state index contributed by atoms with van der Waals surface area (Å²) in [7, 11) is 0. The molecule has 1 aliphatic rings. The molecule has 1 aliphatic heterocycles. The molecule has 108 valence electrons. The largest absolute Gasteiger partial charge is 0.454 e. The van der Waals surface area contributed by atoms with Gasteiger partial charge in [0.1, 0.15) is 0 Å². The molecule has 2 aromatic rings. The van der Waals surface area contributed by atoms with E-state index < -0.39 is 5.82 Å². The highest BCUT2D eigenvalue weighted by Gasteiger charge is 2.14. The molecule has 0 fully saturated rings. The molecule has 3 rings (SSSR count). The Balaban J connectivity index is 1.70. The van der Waals surface area contributed by atoms with E-state index in [1.807, 2.05) is 0 Å². The number of ether oxygens (including phenoxy) is 2. The molecule has 0 bridgehead atoms.